The number of aromatic nitrogens is 1. The Bertz CT molecular complexity index is 478. The van der Waals surface area contributed by atoms with E-state index in [9.17, 15) is 18.0 Å². The maximum atomic E-state index is 12.5. The van der Waals surface area contributed by atoms with E-state index in [1.165, 1.54) is 16.2 Å². The zero-order valence-corrected chi connectivity index (χ0v) is 13.3. The molecule has 2 rings (SSSR count). The summed E-state index contributed by atoms with van der Waals surface area (Å²) >= 11 is 1.54. The molecule has 8 heteroatoms. The van der Waals surface area contributed by atoms with Crippen LogP contribution in [0, 0.1) is 5.92 Å². The number of hydrogen-bond donors (Lipinski definition) is 0. The zero-order chi connectivity index (χ0) is 16.2. The number of thiazole rings is 1. The summed E-state index contributed by atoms with van der Waals surface area (Å²) in [6.45, 7) is 0.216. The molecule has 0 saturated carbocycles. The SMILES string of the molecule is CN(CCc1nccs1)C(=O)[C@H]1CCCN(CC(F)(F)F)C1. The minimum atomic E-state index is -4.21. The number of nitrogens with zero attached hydrogens (tertiary/aromatic N) is 3. The van der Waals surface area contributed by atoms with E-state index in [1.807, 2.05) is 5.38 Å². The van der Waals surface area contributed by atoms with Crippen LogP contribution in [0.5, 0.6) is 0 Å². The molecule has 0 bridgehead atoms. The second-order valence-electron chi connectivity index (χ2n) is 5.63. The van der Waals surface area contributed by atoms with Crippen LogP contribution in [0.1, 0.15) is 17.8 Å². The number of rotatable bonds is 5. The van der Waals surface area contributed by atoms with E-state index < -0.39 is 12.7 Å². The number of carbonyl (C=O) groups excluding carboxylic acids is 1. The van der Waals surface area contributed by atoms with Crippen LogP contribution in [-0.4, -0.2) is 60.1 Å². The van der Waals surface area contributed by atoms with Crippen molar-refractivity contribution in [2.75, 3.05) is 33.2 Å². The summed E-state index contributed by atoms with van der Waals surface area (Å²) in [4.78, 5) is 19.5. The van der Waals surface area contributed by atoms with Gasteiger partial charge in [0.1, 0.15) is 0 Å². The minimum absolute atomic E-state index is 0.0663. The molecule has 1 aliphatic heterocycles. The zero-order valence-electron chi connectivity index (χ0n) is 12.5. The molecule has 1 amide bonds. The Labute approximate surface area is 131 Å². The van der Waals surface area contributed by atoms with Crippen LogP contribution < -0.4 is 0 Å². The Balaban J connectivity index is 1.82. The first-order chi connectivity index (χ1) is 10.3. The van der Waals surface area contributed by atoms with Crippen molar-refractivity contribution in [2.45, 2.75) is 25.4 Å². The van der Waals surface area contributed by atoms with Gasteiger partial charge in [-0.2, -0.15) is 13.2 Å². The number of likely N-dealkylation sites (N-methyl/N-ethyl adjacent to an activating group) is 1. The van der Waals surface area contributed by atoms with Crippen molar-refractivity contribution in [1.29, 1.82) is 0 Å². The molecule has 0 aromatic carbocycles. The molecule has 0 N–H and O–H groups in total. The summed E-state index contributed by atoms with van der Waals surface area (Å²) < 4.78 is 37.4. The van der Waals surface area contributed by atoms with Gasteiger partial charge in [0.05, 0.1) is 17.5 Å². The molecule has 1 fully saturated rings. The fourth-order valence-corrected chi connectivity index (χ4v) is 3.33. The number of piperidine rings is 1. The van der Waals surface area contributed by atoms with Gasteiger partial charge in [-0.1, -0.05) is 0 Å². The highest BCUT2D eigenvalue weighted by atomic mass is 32.1. The van der Waals surface area contributed by atoms with Crippen molar-refractivity contribution in [2.24, 2.45) is 5.92 Å². The number of hydrogen-bond acceptors (Lipinski definition) is 4. The van der Waals surface area contributed by atoms with Gasteiger partial charge in [-0.25, -0.2) is 4.98 Å². The summed E-state index contributed by atoms with van der Waals surface area (Å²) in [5, 5.41) is 2.84. The van der Waals surface area contributed by atoms with E-state index in [0.717, 1.165) is 5.01 Å². The molecule has 124 valence electrons. The predicted molar refractivity (Wildman–Crippen MR) is 78.7 cm³/mol. The first-order valence-corrected chi connectivity index (χ1v) is 8.15. The maximum Gasteiger partial charge on any atom is 0.401 e. The molecular formula is C14H20F3N3OS. The quantitative estimate of drug-likeness (QED) is 0.829. The summed E-state index contributed by atoms with van der Waals surface area (Å²) in [5.74, 6) is -0.402. The summed E-state index contributed by atoms with van der Waals surface area (Å²) in [7, 11) is 1.71. The molecule has 0 radical (unpaired) electrons. The third-order valence-corrected chi connectivity index (χ3v) is 4.62. The standard InChI is InChI=1S/C14H20F3N3OS/c1-19(7-4-12-18-5-8-22-12)13(21)11-3-2-6-20(9-11)10-14(15,16)17/h5,8,11H,2-4,6-7,9-10H2,1H3/t11-/m0/s1. The third-order valence-electron chi connectivity index (χ3n) is 3.78. The van der Waals surface area contributed by atoms with Crippen molar-refractivity contribution < 1.29 is 18.0 Å². The second-order valence-corrected chi connectivity index (χ2v) is 6.60. The van der Waals surface area contributed by atoms with Crippen LogP contribution in [0.15, 0.2) is 11.6 Å². The molecule has 2 heterocycles. The molecule has 22 heavy (non-hydrogen) atoms. The molecule has 0 aliphatic carbocycles. The first-order valence-electron chi connectivity index (χ1n) is 7.27. The van der Waals surface area contributed by atoms with E-state index in [2.05, 4.69) is 4.98 Å². The Morgan fingerprint density at radius 1 is 1.55 bits per heavy atom. The van der Waals surface area contributed by atoms with Crippen molar-refractivity contribution >= 4 is 17.2 Å². The van der Waals surface area contributed by atoms with E-state index in [-0.39, 0.29) is 18.4 Å². The lowest BCUT2D eigenvalue weighted by Crippen LogP contribution is -2.46. The smallest absolute Gasteiger partial charge is 0.345 e. The average Bonchev–Trinajstić information content (AvgIpc) is 2.95. The van der Waals surface area contributed by atoms with Gasteiger partial charge in [0.2, 0.25) is 5.91 Å². The lowest BCUT2D eigenvalue weighted by molar-refractivity contribution is -0.154. The Hall–Kier alpha value is -1.15. The highest BCUT2D eigenvalue weighted by Gasteiger charge is 2.35. The van der Waals surface area contributed by atoms with Crippen LogP contribution >= 0.6 is 11.3 Å². The lowest BCUT2D eigenvalue weighted by Gasteiger charge is -2.34. The molecule has 0 spiro atoms. The van der Waals surface area contributed by atoms with E-state index in [1.54, 1.807) is 18.1 Å². The average molecular weight is 335 g/mol. The van der Waals surface area contributed by atoms with Crippen LogP contribution in [0.3, 0.4) is 0 Å². The topological polar surface area (TPSA) is 36.4 Å². The van der Waals surface area contributed by atoms with Gasteiger partial charge in [0, 0.05) is 38.1 Å². The molecule has 4 nitrogen and oxygen atoms in total. The van der Waals surface area contributed by atoms with Gasteiger partial charge in [0.25, 0.3) is 0 Å². The third kappa shape index (κ3) is 5.24. The normalized spacial score (nSPS) is 20.1. The van der Waals surface area contributed by atoms with Gasteiger partial charge >= 0.3 is 6.18 Å². The monoisotopic (exact) mass is 335 g/mol. The Morgan fingerprint density at radius 2 is 2.32 bits per heavy atom. The van der Waals surface area contributed by atoms with Crippen LogP contribution in [0.2, 0.25) is 0 Å². The van der Waals surface area contributed by atoms with Crippen LogP contribution in [0.4, 0.5) is 13.2 Å². The van der Waals surface area contributed by atoms with Crippen molar-refractivity contribution in [3.05, 3.63) is 16.6 Å². The van der Waals surface area contributed by atoms with Gasteiger partial charge in [-0.05, 0) is 19.4 Å². The summed E-state index contributed by atoms with van der Waals surface area (Å²) in [5.41, 5.74) is 0. The molecule has 1 aromatic rings. The Morgan fingerprint density at radius 3 is 2.95 bits per heavy atom. The molecule has 1 aliphatic rings. The van der Waals surface area contributed by atoms with E-state index in [0.29, 0.717) is 32.4 Å². The second kappa shape index (κ2) is 7.41. The van der Waals surface area contributed by atoms with E-state index in [4.69, 9.17) is 0 Å². The predicted octanol–water partition coefficient (Wildman–Crippen LogP) is 2.42. The first kappa shape index (κ1) is 17.2. The van der Waals surface area contributed by atoms with Gasteiger partial charge in [-0.3, -0.25) is 9.69 Å². The van der Waals surface area contributed by atoms with Crippen molar-refractivity contribution in [3.8, 4) is 0 Å². The molecule has 1 atom stereocenters. The van der Waals surface area contributed by atoms with Crippen LogP contribution in [0.25, 0.3) is 0 Å². The Kier molecular flexibility index (Phi) is 5.80. The molecule has 1 saturated heterocycles. The lowest BCUT2D eigenvalue weighted by atomic mass is 9.96. The number of halogens is 3. The maximum absolute atomic E-state index is 12.5. The summed E-state index contributed by atoms with van der Waals surface area (Å²) in [6.07, 6.45) is -0.514. The van der Waals surface area contributed by atoms with Crippen molar-refractivity contribution in [3.63, 3.8) is 0 Å². The molecule has 0 unspecified atom stereocenters. The van der Waals surface area contributed by atoms with E-state index >= 15 is 0 Å². The number of amides is 1. The molecule has 1 aromatic heterocycles. The highest BCUT2D eigenvalue weighted by Crippen LogP contribution is 2.23. The fraction of sp³-hybridized carbons (Fsp3) is 0.714. The van der Waals surface area contributed by atoms with Crippen molar-refractivity contribution in [1.82, 2.24) is 14.8 Å². The number of likely N-dealkylation sites (tertiary alicyclic amines) is 1. The summed E-state index contributed by atoms with van der Waals surface area (Å²) in [6, 6.07) is 0. The van der Waals surface area contributed by atoms with Gasteiger partial charge in [-0.15, -0.1) is 11.3 Å². The highest BCUT2D eigenvalue weighted by molar-refractivity contribution is 7.09. The fourth-order valence-electron chi connectivity index (χ4n) is 2.72. The number of carbonyl (C=O) groups is 1. The van der Waals surface area contributed by atoms with Gasteiger partial charge in [0.15, 0.2) is 0 Å². The van der Waals surface area contributed by atoms with Crippen LogP contribution in [-0.2, 0) is 11.2 Å². The number of alkyl halides is 3. The minimum Gasteiger partial charge on any atom is -0.345 e. The molecular weight excluding hydrogens is 315 g/mol. The van der Waals surface area contributed by atoms with Gasteiger partial charge < -0.3 is 4.90 Å². The largest absolute Gasteiger partial charge is 0.401 e.